The molecule has 0 bridgehead atoms. The molecule has 1 aliphatic rings. The fourth-order valence-electron chi connectivity index (χ4n) is 1.88. The summed E-state index contributed by atoms with van der Waals surface area (Å²) in [4.78, 5) is 24.0. The van der Waals surface area contributed by atoms with Crippen molar-refractivity contribution >= 4 is 34.1 Å². The quantitative estimate of drug-likeness (QED) is 0.800. The van der Waals surface area contributed by atoms with E-state index in [-0.39, 0.29) is 6.10 Å². The third-order valence-corrected chi connectivity index (χ3v) is 4.08. The molecule has 0 spiro atoms. The van der Waals surface area contributed by atoms with E-state index in [0.717, 1.165) is 24.4 Å². The van der Waals surface area contributed by atoms with Crippen molar-refractivity contribution in [3.63, 3.8) is 0 Å². The van der Waals surface area contributed by atoms with Gasteiger partial charge in [0.05, 0.1) is 18.9 Å². The van der Waals surface area contributed by atoms with Crippen LogP contribution in [0.4, 0.5) is 15.5 Å². The molecule has 0 aliphatic carbocycles. The predicted octanol–water partition coefficient (Wildman–Crippen LogP) is 3.08. The summed E-state index contributed by atoms with van der Waals surface area (Å²) in [6, 6.07) is 1.65. The molecule has 1 unspecified atom stereocenters. The summed E-state index contributed by atoms with van der Waals surface area (Å²) in [5, 5.41) is 6.38. The van der Waals surface area contributed by atoms with Crippen LogP contribution in [-0.4, -0.2) is 44.0 Å². The van der Waals surface area contributed by atoms with E-state index < -0.39 is 17.7 Å². The maximum atomic E-state index is 11.9. The molecule has 8 heteroatoms. The number of carbonyl (C=O) groups excluding carboxylic acids is 2. The Morgan fingerprint density at radius 3 is 2.65 bits per heavy atom. The van der Waals surface area contributed by atoms with Crippen molar-refractivity contribution in [3.05, 3.63) is 10.9 Å². The molecule has 1 aromatic rings. The number of hydrogen-bond donors (Lipinski definition) is 2. The first-order valence-corrected chi connectivity index (χ1v) is 8.18. The molecule has 2 N–H and O–H groups in total. The van der Waals surface area contributed by atoms with Crippen LogP contribution in [0.25, 0.3) is 0 Å². The molecule has 1 aliphatic heterocycles. The van der Waals surface area contributed by atoms with Crippen molar-refractivity contribution in [2.45, 2.75) is 38.9 Å². The molecule has 23 heavy (non-hydrogen) atoms. The number of nitrogens with one attached hydrogen (secondary N) is 2. The molecule has 2 heterocycles. The summed E-state index contributed by atoms with van der Waals surface area (Å²) in [5.74, 6) is -0.449. The number of ether oxygens (including phenoxy) is 3. The topological polar surface area (TPSA) is 85.9 Å². The Labute approximate surface area is 139 Å². The Bertz CT molecular complexity index is 575. The maximum absolute atomic E-state index is 11.9. The Hall–Kier alpha value is -1.80. The number of hydrogen-bond acceptors (Lipinski definition) is 7. The summed E-state index contributed by atoms with van der Waals surface area (Å²) < 4.78 is 15.3. The fourth-order valence-corrected chi connectivity index (χ4v) is 2.82. The third-order valence-electron chi connectivity index (χ3n) is 3.05. The third kappa shape index (κ3) is 5.11. The fraction of sp³-hybridized carbons (Fsp3) is 0.600. The number of esters is 1. The zero-order chi connectivity index (χ0) is 17.0. The van der Waals surface area contributed by atoms with Gasteiger partial charge >= 0.3 is 12.1 Å². The summed E-state index contributed by atoms with van der Waals surface area (Å²) in [5.41, 5.74) is 0.0524. The summed E-state index contributed by atoms with van der Waals surface area (Å²) in [6.45, 7) is 6.74. The number of carbonyl (C=O) groups is 2. The Balaban J connectivity index is 2.08. The second-order valence-corrected chi connectivity index (χ2v) is 7.19. The van der Waals surface area contributed by atoms with Gasteiger partial charge in [0.25, 0.3) is 0 Å². The van der Waals surface area contributed by atoms with E-state index in [1.54, 1.807) is 26.8 Å². The van der Waals surface area contributed by atoms with E-state index >= 15 is 0 Å². The standard InChI is InChI=1S/C15H22N2O5S/c1-15(2,3)22-14(19)17-12-10(16-8-9-5-6-21-9)7-11(23-12)13(18)20-4/h7,9,16H,5-6,8H2,1-4H3,(H,17,19). The molecule has 128 valence electrons. The second-order valence-electron chi connectivity index (χ2n) is 6.13. The van der Waals surface area contributed by atoms with Gasteiger partial charge < -0.3 is 19.5 Å². The molecule has 1 amide bonds. The van der Waals surface area contributed by atoms with Crippen LogP contribution in [0.3, 0.4) is 0 Å². The zero-order valence-electron chi connectivity index (χ0n) is 13.7. The minimum absolute atomic E-state index is 0.158. The van der Waals surface area contributed by atoms with Crippen molar-refractivity contribution in [1.29, 1.82) is 0 Å². The summed E-state index contributed by atoms with van der Waals surface area (Å²) >= 11 is 1.13. The average Bonchev–Trinajstić information content (AvgIpc) is 2.77. The highest BCUT2D eigenvalue weighted by molar-refractivity contribution is 7.18. The zero-order valence-corrected chi connectivity index (χ0v) is 14.5. The average molecular weight is 342 g/mol. The van der Waals surface area contributed by atoms with Gasteiger partial charge in [-0.1, -0.05) is 0 Å². The lowest BCUT2D eigenvalue weighted by Crippen LogP contribution is -2.33. The number of amides is 1. The molecule has 1 atom stereocenters. The van der Waals surface area contributed by atoms with Gasteiger partial charge in [0.2, 0.25) is 0 Å². The predicted molar refractivity (Wildman–Crippen MR) is 88.4 cm³/mol. The Kier molecular flexibility index (Phi) is 5.48. The van der Waals surface area contributed by atoms with Crippen molar-refractivity contribution in [1.82, 2.24) is 0 Å². The molecule has 0 radical (unpaired) electrons. The van der Waals surface area contributed by atoms with Gasteiger partial charge in [-0.15, -0.1) is 11.3 Å². The van der Waals surface area contributed by atoms with Crippen molar-refractivity contribution < 1.29 is 23.8 Å². The van der Waals surface area contributed by atoms with Crippen LogP contribution >= 0.6 is 11.3 Å². The van der Waals surface area contributed by atoms with Crippen LogP contribution in [0.5, 0.6) is 0 Å². The summed E-state index contributed by atoms with van der Waals surface area (Å²) in [7, 11) is 1.32. The lowest BCUT2D eigenvalue weighted by atomic mass is 10.2. The highest BCUT2D eigenvalue weighted by atomic mass is 32.1. The van der Waals surface area contributed by atoms with Gasteiger partial charge in [-0.3, -0.25) is 5.32 Å². The van der Waals surface area contributed by atoms with Crippen LogP contribution < -0.4 is 10.6 Å². The highest BCUT2D eigenvalue weighted by Gasteiger charge is 2.22. The first kappa shape index (κ1) is 17.6. The van der Waals surface area contributed by atoms with Gasteiger partial charge in [-0.25, -0.2) is 9.59 Å². The van der Waals surface area contributed by atoms with Gasteiger partial charge in [0, 0.05) is 13.2 Å². The van der Waals surface area contributed by atoms with Crippen molar-refractivity contribution in [3.8, 4) is 0 Å². The van der Waals surface area contributed by atoms with E-state index in [2.05, 4.69) is 10.6 Å². The van der Waals surface area contributed by atoms with Crippen LogP contribution in [0.1, 0.15) is 36.9 Å². The largest absolute Gasteiger partial charge is 0.465 e. The van der Waals surface area contributed by atoms with E-state index in [1.807, 2.05) is 0 Å². The van der Waals surface area contributed by atoms with Crippen LogP contribution in [0, 0.1) is 0 Å². The molecule has 7 nitrogen and oxygen atoms in total. The molecular formula is C15H22N2O5S. The maximum Gasteiger partial charge on any atom is 0.412 e. The van der Waals surface area contributed by atoms with E-state index in [1.165, 1.54) is 7.11 Å². The Morgan fingerprint density at radius 2 is 2.13 bits per heavy atom. The van der Waals surface area contributed by atoms with E-state index in [9.17, 15) is 9.59 Å². The second kappa shape index (κ2) is 7.18. The van der Waals surface area contributed by atoms with Gasteiger partial charge in [0.15, 0.2) is 0 Å². The van der Waals surface area contributed by atoms with E-state index in [4.69, 9.17) is 14.2 Å². The van der Waals surface area contributed by atoms with Crippen molar-refractivity contribution in [2.24, 2.45) is 0 Å². The smallest absolute Gasteiger partial charge is 0.412 e. The Morgan fingerprint density at radius 1 is 1.43 bits per heavy atom. The molecule has 1 saturated heterocycles. The number of anilines is 2. The van der Waals surface area contributed by atoms with Gasteiger partial charge in [-0.05, 0) is 33.3 Å². The van der Waals surface area contributed by atoms with Crippen LogP contribution in [0.15, 0.2) is 6.07 Å². The lowest BCUT2D eigenvalue weighted by molar-refractivity contribution is -0.0410. The number of rotatable bonds is 5. The first-order chi connectivity index (χ1) is 10.8. The molecule has 1 fully saturated rings. The van der Waals surface area contributed by atoms with Gasteiger partial charge in [0.1, 0.15) is 15.5 Å². The first-order valence-electron chi connectivity index (χ1n) is 7.36. The monoisotopic (exact) mass is 342 g/mol. The SMILES string of the molecule is COC(=O)c1cc(NCC2CCO2)c(NC(=O)OC(C)(C)C)s1. The van der Waals surface area contributed by atoms with Gasteiger partial charge in [-0.2, -0.15) is 0 Å². The number of methoxy groups -OCH3 is 1. The molecule has 2 rings (SSSR count). The van der Waals surface area contributed by atoms with Crippen LogP contribution in [0.2, 0.25) is 0 Å². The highest BCUT2D eigenvalue weighted by Crippen LogP contribution is 2.34. The molecule has 0 saturated carbocycles. The lowest BCUT2D eigenvalue weighted by Gasteiger charge is -2.27. The summed E-state index contributed by atoms with van der Waals surface area (Å²) in [6.07, 6.45) is 0.583. The van der Waals surface area contributed by atoms with Crippen molar-refractivity contribution in [2.75, 3.05) is 30.9 Å². The molecule has 1 aromatic heterocycles. The number of thiophene rings is 1. The normalized spacial score (nSPS) is 17.1. The molecular weight excluding hydrogens is 320 g/mol. The minimum atomic E-state index is -0.597. The van der Waals surface area contributed by atoms with Crippen LogP contribution in [-0.2, 0) is 14.2 Å². The van der Waals surface area contributed by atoms with E-state index in [0.29, 0.717) is 22.1 Å². The minimum Gasteiger partial charge on any atom is -0.465 e. The molecule has 0 aromatic carbocycles.